The molecule has 2 rings (SSSR count). The largest absolute Gasteiger partial charge is 0.497 e. The van der Waals surface area contributed by atoms with Crippen molar-refractivity contribution in [3.05, 3.63) is 41.7 Å². The van der Waals surface area contributed by atoms with Crippen LogP contribution in [0.4, 0.5) is 0 Å². The average Bonchev–Trinajstić information content (AvgIpc) is 3.00. The van der Waals surface area contributed by atoms with Crippen LogP contribution in [0.25, 0.3) is 17.0 Å². The molecule has 0 aliphatic heterocycles. The van der Waals surface area contributed by atoms with Gasteiger partial charge in [-0.2, -0.15) is 0 Å². The van der Waals surface area contributed by atoms with Crippen molar-refractivity contribution in [3.63, 3.8) is 0 Å². The number of hydrogen-bond acceptors (Lipinski definition) is 4. The first-order chi connectivity index (χ1) is 10.6. The molecule has 22 heavy (non-hydrogen) atoms. The molecule has 1 aromatic heterocycles. The fourth-order valence-electron chi connectivity index (χ4n) is 2.24. The predicted octanol–water partition coefficient (Wildman–Crippen LogP) is 3.36. The summed E-state index contributed by atoms with van der Waals surface area (Å²) in [4.78, 5) is 19.4. The molecular weight excluding hydrogens is 280 g/mol. The van der Waals surface area contributed by atoms with Gasteiger partial charge in [-0.25, -0.2) is 9.78 Å². The van der Waals surface area contributed by atoms with E-state index in [4.69, 9.17) is 9.47 Å². The summed E-state index contributed by atoms with van der Waals surface area (Å²) < 4.78 is 10.0. The molecule has 0 amide bonds. The molecule has 5 heteroatoms. The zero-order valence-corrected chi connectivity index (χ0v) is 13.3. The van der Waals surface area contributed by atoms with E-state index in [2.05, 4.69) is 9.97 Å². The molecular formula is C17H20N2O3. The van der Waals surface area contributed by atoms with E-state index in [0.29, 0.717) is 17.1 Å². The quantitative estimate of drug-likeness (QED) is 0.679. The molecule has 0 aliphatic rings. The third-order valence-corrected chi connectivity index (χ3v) is 3.37. The molecule has 0 atom stereocenters. The molecule has 2 aromatic rings. The van der Waals surface area contributed by atoms with E-state index in [1.54, 1.807) is 13.3 Å². The van der Waals surface area contributed by atoms with Crippen molar-refractivity contribution in [3.8, 4) is 17.1 Å². The standard InChI is InChI=1S/C17H20N2O3/c1-5-6-14(17(20)22-4)15-10-18-16(19-15)13-8-7-12(21-3)9-11(13)2/h6-10H,5H2,1-4H3,(H,18,19). The monoisotopic (exact) mass is 300 g/mol. The lowest BCUT2D eigenvalue weighted by atomic mass is 10.1. The summed E-state index contributed by atoms with van der Waals surface area (Å²) in [7, 11) is 3.01. The number of H-pyrrole nitrogens is 1. The predicted molar refractivity (Wildman–Crippen MR) is 85.6 cm³/mol. The molecule has 5 nitrogen and oxygen atoms in total. The summed E-state index contributed by atoms with van der Waals surface area (Å²) in [6, 6.07) is 5.77. The Hall–Kier alpha value is -2.56. The molecule has 116 valence electrons. The van der Waals surface area contributed by atoms with Crippen molar-refractivity contribution in [2.75, 3.05) is 14.2 Å². The number of imidazole rings is 1. The van der Waals surface area contributed by atoms with Crippen LogP contribution in [-0.2, 0) is 9.53 Å². The van der Waals surface area contributed by atoms with Crippen LogP contribution in [0.15, 0.2) is 30.5 Å². The molecule has 0 saturated carbocycles. The number of ether oxygens (including phenoxy) is 2. The van der Waals surface area contributed by atoms with Gasteiger partial charge >= 0.3 is 5.97 Å². The second-order valence-corrected chi connectivity index (χ2v) is 4.84. The SMILES string of the molecule is CCC=C(C(=O)OC)c1cnc(-c2ccc(OC)cc2C)[nH]1. The Morgan fingerprint density at radius 2 is 2.14 bits per heavy atom. The van der Waals surface area contributed by atoms with Crippen LogP contribution in [0.2, 0.25) is 0 Å². The van der Waals surface area contributed by atoms with Gasteiger partial charge in [0.05, 0.1) is 31.7 Å². The van der Waals surface area contributed by atoms with E-state index in [0.717, 1.165) is 23.3 Å². The van der Waals surface area contributed by atoms with E-state index in [1.165, 1.54) is 7.11 Å². The van der Waals surface area contributed by atoms with Gasteiger partial charge in [-0.1, -0.05) is 13.0 Å². The van der Waals surface area contributed by atoms with Crippen LogP contribution in [-0.4, -0.2) is 30.2 Å². The van der Waals surface area contributed by atoms with Crippen LogP contribution in [0.3, 0.4) is 0 Å². The second-order valence-electron chi connectivity index (χ2n) is 4.84. The number of aryl methyl sites for hydroxylation is 1. The summed E-state index contributed by atoms with van der Waals surface area (Å²) in [6.07, 6.45) is 4.21. The number of nitrogens with one attached hydrogen (secondary N) is 1. The summed E-state index contributed by atoms with van der Waals surface area (Å²) in [5.41, 5.74) is 3.15. The minimum Gasteiger partial charge on any atom is -0.497 e. The number of nitrogens with zero attached hydrogens (tertiary/aromatic N) is 1. The molecule has 1 heterocycles. The molecule has 0 fully saturated rings. The van der Waals surface area contributed by atoms with Gasteiger partial charge in [-0.05, 0) is 37.1 Å². The van der Waals surface area contributed by atoms with Crippen LogP contribution < -0.4 is 4.74 Å². The van der Waals surface area contributed by atoms with E-state index >= 15 is 0 Å². The van der Waals surface area contributed by atoms with Gasteiger partial charge in [0, 0.05) is 5.56 Å². The lowest BCUT2D eigenvalue weighted by molar-refractivity contribution is -0.133. The summed E-state index contributed by atoms with van der Waals surface area (Å²) in [5, 5.41) is 0. The van der Waals surface area contributed by atoms with Gasteiger partial charge in [0.25, 0.3) is 0 Å². The zero-order valence-electron chi connectivity index (χ0n) is 13.3. The highest BCUT2D eigenvalue weighted by Crippen LogP contribution is 2.26. The number of esters is 1. The Morgan fingerprint density at radius 1 is 1.36 bits per heavy atom. The molecule has 0 spiro atoms. The first-order valence-corrected chi connectivity index (χ1v) is 7.09. The van der Waals surface area contributed by atoms with Gasteiger partial charge in [-0.3, -0.25) is 0 Å². The highest BCUT2D eigenvalue weighted by molar-refractivity contribution is 6.15. The van der Waals surface area contributed by atoms with Gasteiger partial charge in [0.1, 0.15) is 11.6 Å². The maximum Gasteiger partial charge on any atom is 0.339 e. The van der Waals surface area contributed by atoms with E-state index in [9.17, 15) is 4.79 Å². The van der Waals surface area contributed by atoms with Gasteiger partial charge in [0.15, 0.2) is 0 Å². The lowest BCUT2D eigenvalue weighted by Crippen LogP contribution is -2.04. The minimum absolute atomic E-state index is 0.372. The molecule has 0 saturated heterocycles. The molecule has 1 N–H and O–H groups in total. The van der Waals surface area contributed by atoms with Crippen molar-refractivity contribution >= 4 is 11.5 Å². The van der Waals surface area contributed by atoms with Crippen LogP contribution in [0, 0.1) is 6.92 Å². The number of carbonyl (C=O) groups excluding carboxylic acids is 1. The summed E-state index contributed by atoms with van der Waals surface area (Å²) in [6.45, 7) is 3.96. The number of rotatable bonds is 5. The highest BCUT2D eigenvalue weighted by Gasteiger charge is 2.15. The topological polar surface area (TPSA) is 64.2 Å². The Labute approximate surface area is 130 Å². The van der Waals surface area contributed by atoms with Crippen LogP contribution in [0.1, 0.15) is 24.6 Å². The number of benzene rings is 1. The Bertz CT molecular complexity index is 702. The van der Waals surface area contributed by atoms with Gasteiger partial charge < -0.3 is 14.5 Å². The molecule has 0 bridgehead atoms. The fraction of sp³-hybridized carbons (Fsp3) is 0.294. The number of aromatic amines is 1. The van der Waals surface area contributed by atoms with Crippen molar-refractivity contribution < 1.29 is 14.3 Å². The second kappa shape index (κ2) is 6.93. The summed E-state index contributed by atoms with van der Waals surface area (Å²) in [5.74, 6) is 1.14. The third-order valence-electron chi connectivity index (χ3n) is 3.37. The normalized spacial score (nSPS) is 11.4. The molecule has 0 radical (unpaired) electrons. The number of hydrogen-bond donors (Lipinski definition) is 1. The first kappa shape index (κ1) is 15.8. The zero-order chi connectivity index (χ0) is 16.1. The molecule has 0 unspecified atom stereocenters. The lowest BCUT2D eigenvalue weighted by Gasteiger charge is -2.06. The smallest absolute Gasteiger partial charge is 0.339 e. The third kappa shape index (κ3) is 3.19. The maximum atomic E-state index is 11.8. The van der Waals surface area contributed by atoms with E-state index in [-0.39, 0.29) is 5.97 Å². The molecule has 1 aromatic carbocycles. The Morgan fingerprint density at radius 3 is 2.73 bits per heavy atom. The van der Waals surface area contributed by atoms with Crippen LogP contribution in [0.5, 0.6) is 5.75 Å². The molecule has 0 aliphatic carbocycles. The van der Waals surface area contributed by atoms with Crippen molar-refractivity contribution in [2.24, 2.45) is 0 Å². The van der Waals surface area contributed by atoms with Crippen LogP contribution >= 0.6 is 0 Å². The number of methoxy groups -OCH3 is 2. The van der Waals surface area contributed by atoms with Gasteiger partial charge in [-0.15, -0.1) is 0 Å². The highest BCUT2D eigenvalue weighted by atomic mass is 16.5. The number of allylic oxidation sites excluding steroid dienone is 1. The maximum absolute atomic E-state index is 11.8. The van der Waals surface area contributed by atoms with E-state index in [1.807, 2.05) is 38.1 Å². The average molecular weight is 300 g/mol. The van der Waals surface area contributed by atoms with E-state index < -0.39 is 0 Å². The minimum atomic E-state index is -0.372. The Balaban J connectivity index is 2.39. The van der Waals surface area contributed by atoms with Crippen molar-refractivity contribution in [1.29, 1.82) is 0 Å². The van der Waals surface area contributed by atoms with Crippen molar-refractivity contribution in [1.82, 2.24) is 9.97 Å². The first-order valence-electron chi connectivity index (χ1n) is 7.09. The van der Waals surface area contributed by atoms with Gasteiger partial charge in [0.2, 0.25) is 0 Å². The fourth-order valence-corrected chi connectivity index (χ4v) is 2.24. The van der Waals surface area contributed by atoms with Crippen molar-refractivity contribution in [2.45, 2.75) is 20.3 Å². The Kier molecular flexibility index (Phi) is 4.99. The summed E-state index contributed by atoms with van der Waals surface area (Å²) >= 11 is 0. The number of carbonyl (C=O) groups is 1. The number of aromatic nitrogens is 2.